The molecule has 190 valence electrons. The highest BCUT2D eigenvalue weighted by molar-refractivity contribution is 6.30. The van der Waals surface area contributed by atoms with Crippen molar-refractivity contribution in [3.8, 4) is 0 Å². The zero-order valence-corrected chi connectivity index (χ0v) is 21.7. The summed E-state index contributed by atoms with van der Waals surface area (Å²) in [6.07, 6.45) is 2.15. The molecule has 0 fully saturated rings. The Kier molecular flexibility index (Phi) is 6.84. The summed E-state index contributed by atoms with van der Waals surface area (Å²) in [5, 5.41) is 5.96. The van der Waals surface area contributed by atoms with Gasteiger partial charge in [0.25, 0.3) is 11.5 Å². The summed E-state index contributed by atoms with van der Waals surface area (Å²) in [7, 11) is 1.43. The van der Waals surface area contributed by atoms with Crippen molar-refractivity contribution in [2.45, 2.75) is 32.9 Å². The van der Waals surface area contributed by atoms with E-state index in [4.69, 9.17) is 21.4 Å². The molecule has 0 bridgehead atoms. The SMILES string of the molecule is COn1c(NC(c2ccc(Cl)cc2)C(C)C)nc2c(c1=O)CN(C(=O)c1cc3ccccc3cn1)CC2. The van der Waals surface area contributed by atoms with Crippen LogP contribution in [-0.2, 0) is 13.0 Å². The predicted octanol–water partition coefficient (Wildman–Crippen LogP) is 4.51. The standard InChI is InChI=1S/C28H28ClN5O3/c1-17(2)25(18-8-10-21(29)11-9-18)32-28-31-23-12-13-33(16-22(23)26(35)34(28)37-3)27(36)24-14-19-6-4-5-7-20(19)15-30-24/h4-11,14-15,17,25H,12-13,16H2,1-3H3,(H,31,32). The molecule has 0 spiro atoms. The van der Waals surface area contributed by atoms with E-state index >= 15 is 0 Å². The average molecular weight is 518 g/mol. The molecule has 2 aromatic heterocycles. The van der Waals surface area contributed by atoms with E-state index < -0.39 is 0 Å². The second-order valence-electron chi connectivity index (χ2n) is 9.45. The lowest BCUT2D eigenvalue weighted by molar-refractivity contribution is 0.0722. The first-order chi connectivity index (χ1) is 17.9. The molecule has 3 heterocycles. The minimum absolute atomic E-state index is 0.121. The number of rotatable bonds is 6. The number of carbonyl (C=O) groups is 1. The van der Waals surface area contributed by atoms with Gasteiger partial charge in [-0.05, 0) is 35.1 Å². The molecule has 5 rings (SSSR count). The van der Waals surface area contributed by atoms with Crippen molar-refractivity contribution in [3.05, 3.63) is 98.7 Å². The van der Waals surface area contributed by atoms with Crippen LogP contribution in [0.5, 0.6) is 0 Å². The lowest BCUT2D eigenvalue weighted by Gasteiger charge is -2.30. The number of carbonyl (C=O) groups excluding carboxylic acids is 1. The Labute approximate surface area is 219 Å². The van der Waals surface area contributed by atoms with E-state index in [9.17, 15) is 9.59 Å². The number of halogens is 1. The number of pyridine rings is 1. The molecule has 1 atom stereocenters. The van der Waals surface area contributed by atoms with Crippen molar-refractivity contribution in [1.29, 1.82) is 0 Å². The molecule has 0 aliphatic carbocycles. The van der Waals surface area contributed by atoms with Gasteiger partial charge in [0.05, 0.1) is 23.8 Å². The topological polar surface area (TPSA) is 89.4 Å². The molecule has 37 heavy (non-hydrogen) atoms. The zero-order valence-electron chi connectivity index (χ0n) is 20.9. The maximum absolute atomic E-state index is 13.5. The Hall–Kier alpha value is -3.91. The van der Waals surface area contributed by atoms with E-state index in [1.165, 1.54) is 7.11 Å². The minimum Gasteiger partial charge on any atom is -0.411 e. The molecular weight excluding hydrogens is 490 g/mol. The Balaban J connectivity index is 1.43. The van der Waals surface area contributed by atoms with Crippen LogP contribution >= 0.6 is 11.6 Å². The summed E-state index contributed by atoms with van der Waals surface area (Å²) < 4.78 is 1.16. The molecule has 1 aliphatic rings. The van der Waals surface area contributed by atoms with E-state index in [1.54, 1.807) is 17.2 Å². The highest BCUT2D eigenvalue weighted by atomic mass is 35.5. The molecule has 1 aliphatic heterocycles. The Morgan fingerprint density at radius 3 is 2.54 bits per heavy atom. The van der Waals surface area contributed by atoms with Crippen LogP contribution in [0.4, 0.5) is 5.95 Å². The fourth-order valence-electron chi connectivity index (χ4n) is 4.70. The van der Waals surface area contributed by atoms with Crippen molar-refractivity contribution >= 4 is 34.2 Å². The highest BCUT2D eigenvalue weighted by Gasteiger charge is 2.29. The quantitative estimate of drug-likeness (QED) is 0.405. The summed E-state index contributed by atoms with van der Waals surface area (Å²) >= 11 is 6.07. The summed E-state index contributed by atoms with van der Waals surface area (Å²) in [6, 6.07) is 17.0. The Morgan fingerprint density at radius 1 is 1.11 bits per heavy atom. The van der Waals surface area contributed by atoms with Crippen LogP contribution in [0, 0.1) is 5.92 Å². The average Bonchev–Trinajstić information content (AvgIpc) is 2.91. The third-order valence-electron chi connectivity index (χ3n) is 6.69. The van der Waals surface area contributed by atoms with E-state index in [0.29, 0.717) is 40.9 Å². The minimum atomic E-state index is -0.336. The number of fused-ring (bicyclic) bond motifs is 2. The van der Waals surface area contributed by atoms with Crippen molar-refractivity contribution in [2.24, 2.45) is 5.92 Å². The number of amides is 1. The van der Waals surface area contributed by atoms with Gasteiger partial charge in [0.2, 0.25) is 5.95 Å². The molecule has 1 N–H and O–H groups in total. The van der Waals surface area contributed by atoms with Gasteiger partial charge in [-0.25, -0.2) is 4.98 Å². The second kappa shape index (κ2) is 10.2. The van der Waals surface area contributed by atoms with Crippen molar-refractivity contribution in [3.63, 3.8) is 0 Å². The molecule has 9 heteroatoms. The number of benzene rings is 2. The highest BCUT2D eigenvalue weighted by Crippen LogP contribution is 2.28. The summed E-state index contributed by atoms with van der Waals surface area (Å²) in [5.41, 5.74) is 2.14. The van der Waals surface area contributed by atoms with E-state index in [0.717, 1.165) is 21.1 Å². The molecule has 0 radical (unpaired) electrons. The zero-order chi connectivity index (χ0) is 26.1. The van der Waals surface area contributed by atoms with Gasteiger partial charge in [-0.3, -0.25) is 14.6 Å². The lowest BCUT2D eigenvalue weighted by atomic mass is 9.96. The fraction of sp³-hybridized carbons (Fsp3) is 0.286. The molecule has 4 aromatic rings. The monoisotopic (exact) mass is 517 g/mol. The third-order valence-corrected chi connectivity index (χ3v) is 6.94. The number of hydrogen-bond acceptors (Lipinski definition) is 6. The maximum atomic E-state index is 13.5. The van der Waals surface area contributed by atoms with Gasteiger partial charge in [0, 0.05) is 29.6 Å². The summed E-state index contributed by atoms with van der Waals surface area (Å²) in [6.45, 7) is 4.76. The van der Waals surface area contributed by atoms with Gasteiger partial charge >= 0.3 is 0 Å². The molecule has 1 amide bonds. The predicted molar refractivity (Wildman–Crippen MR) is 144 cm³/mol. The molecule has 2 aromatic carbocycles. The molecule has 0 saturated carbocycles. The van der Waals surface area contributed by atoms with Crippen molar-refractivity contribution < 1.29 is 9.63 Å². The van der Waals surface area contributed by atoms with Crippen LogP contribution < -0.4 is 15.7 Å². The fourth-order valence-corrected chi connectivity index (χ4v) is 4.83. The molecule has 1 unspecified atom stereocenters. The van der Waals surface area contributed by atoms with E-state index in [-0.39, 0.29) is 30.0 Å². The summed E-state index contributed by atoms with van der Waals surface area (Å²) in [4.78, 5) is 42.9. The van der Waals surface area contributed by atoms with Crippen molar-refractivity contribution in [2.75, 3.05) is 19.0 Å². The van der Waals surface area contributed by atoms with Gasteiger partial charge in [-0.2, -0.15) is 0 Å². The van der Waals surface area contributed by atoms with Crippen LogP contribution in [0.3, 0.4) is 0 Å². The van der Waals surface area contributed by atoms with Gasteiger partial charge in [-0.1, -0.05) is 61.8 Å². The van der Waals surface area contributed by atoms with Crippen LogP contribution in [-0.4, -0.2) is 39.2 Å². The molecular formula is C28H28ClN5O3. The second-order valence-corrected chi connectivity index (χ2v) is 9.89. The Morgan fingerprint density at radius 2 is 1.84 bits per heavy atom. The van der Waals surface area contributed by atoms with Crippen LogP contribution in [0.2, 0.25) is 5.02 Å². The largest absolute Gasteiger partial charge is 0.411 e. The lowest BCUT2D eigenvalue weighted by Crippen LogP contribution is -2.43. The first-order valence-corrected chi connectivity index (χ1v) is 12.6. The van der Waals surface area contributed by atoms with Crippen LogP contribution in [0.1, 0.15) is 47.2 Å². The van der Waals surface area contributed by atoms with E-state index in [2.05, 4.69) is 24.1 Å². The van der Waals surface area contributed by atoms with Gasteiger partial charge in [0.1, 0.15) is 12.8 Å². The summed E-state index contributed by atoms with van der Waals surface area (Å²) in [5.74, 6) is 0.308. The number of nitrogens with zero attached hydrogens (tertiary/aromatic N) is 4. The molecule has 0 saturated heterocycles. The maximum Gasteiger partial charge on any atom is 0.293 e. The van der Waals surface area contributed by atoms with Gasteiger partial charge in [0.15, 0.2) is 0 Å². The number of aromatic nitrogens is 3. The third kappa shape index (κ3) is 4.89. The number of hydrogen-bond donors (Lipinski definition) is 1. The van der Waals surface area contributed by atoms with Crippen LogP contribution in [0.25, 0.3) is 10.8 Å². The number of nitrogens with one attached hydrogen (secondary N) is 1. The Bertz CT molecular complexity index is 1520. The first-order valence-electron chi connectivity index (χ1n) is 12.2. The van der Waals surface area contributed by atoms with Gasteiger partial charge in [-0.15, -0.1) is 4.73 Å². The van der Waals surface area contributed by atoms with Gasteiger partial charge < -0.3 is 15.1 Å². The molecule has 8 nitrogen and oxygen atoms in total. The normalized spacial score (nSPS) is 13.9. The van der Waals surface area contributed by atoms with Crippen molar-refractivity contribution in [1.82, 2.24) is 19.6 Å². The first kappa shape index (κ1) is 24.8. The van der Waals surface area contributed by atoms with Crippen LogP contribution in [0.15, 0.2) is 65.6 Å². The number of anilines is 1. The smallest absolute Gasteiger partial charge is 0.293 e. The van der Waals surface area contributed by atoms with E-state index in [1.807, 2.05) is 48.5 Å².